The predicted octanol–water partition coefficient (Wildman–Crippen LogP) is 5.56. The zero-order valence-corrected chi connectivity index (χ0v) is 16.0. The Morgan fingerprint density at radius 1 is 1.18 bits per heavy atom. The molecule has 2 unspecified atom stereocenters. The summed E-state index contributed by atoms with van der Waals surface area (Å²) in [6, 6.07) is 14.6. The molecule has 2 heterocycles. The number of nitrogens with one attached hydrogen (secondary N) is 2. The summed E-state index contributed by atoms with van der Waals surface area (Å²) in [5.41, 5.74) is 6.60. The number of nitrogens with zero attached hydrogens (tertiary/aromatic N) is 1. The molecule has 4 nitrogen and oxygen atoms in total. The average molecular weight is 391 g/mol. The Kier molecular flexibility index (Phi) is 4.02. The predicted molar refractivity (Wildman–Crippen MR) is 111 cm³/mol. The molecule has 1 amide bonds. The number of aromatic amines is 1. The minimum absolute atomic E-state index is 0.276. The molecule has 1 aliphatic carbocycles. The highest BCUT2D eigenvalue weighted by molar-refractivity contribution is 7.22. The normalized spacial score (nSPS) is 18.4. The molecule has 2 aromatic heterocycles. The number of aryl methyl sites for hydroxylation is 1. The number of aromatic nitrogens is 2. The molecule has 1 aliphatic rings. The van der Waals surface area contributed by atoms with Crippen LogP contribution in [0.25, 0.3) is 32.5 Å². The van der Waals surface area contributed by atoms with Crippen LogP contribution in [-0.2, 0) is 4.79 Å². The highest BCUT2D eigenvalue weighted by Gasteiger charge is 2.43. The number of alkyl halides is 1. The zero-order valence-electron chi connectivity index (χ0n) is 15.2. The van der Waals surface area contributed by atoms with Gasteiger partial charge in [0.1, 0.15) is 6.17 Å². The Morgan fingerprint density at radius 3 is 2.75 bits per heavy atom. The van der Waals surface area contributed by atoms with Gasteiger partial charge in [-0.3, -0.25) is 4.79 Å². The first-order valence-corrected chi connectivity index (χ1v) is 10.00. The molecule has 4 aromatic rings. The molecule has 1 fully saturated rings. The van der Waals surface area contributed by atoms with Gasteiger partial charge in [0.25, 0.3) is 0 Å². The minimum atomic E-state index is -1.00. The molecule has 1 saturated carbocycles. The molecular weight excluding hydrogens is 373 g/mol. The van der Waals surface area contributed by atoms with Crippen LogP contribution in [0, 0.1) is 12.8 Å². The summed E-state index contributed by atoms with van der Waals surface area (Å²) >= 11 is 1.42. The number of carbonyl (C=O) groups is 1. The van der Waals surface area contributed by atoms with Crippen LogP contribution < -0.4 is 5.32 Å². The van der Waals surface area contributed by atoms with E-state index in [1.54, 1.807) is 0 Å². The molecule has 0 radical (unpaired) electrons. The zero-order chi connectivity index (χ0) is 19.3. The number of benzene rings is 2. The average Bonchev–Trinajstić information content (AvgIpc) is 3.09. The van der Waals surface area contributed by atoms with E-state index in [0.717, 1.165) is 32.5 Å². The second-order valence-electron chi connectivity index (χ2n) is 7.18. The minimum Gasteiger partial charge on any atom is -0.367 e. The van der Waals surface area contributed by atoms with Gasteiger partial charge < -0.3 is 10.3 Å². The molecule has 0 bridgehead atoms. The molecule has 28 heavy (non-hydrogen) atoms. The van der Waals surface area contributed by atoms with Gasteiger partial charge in [0.15, 0.2) is 5.13 Å². The fourth-order valence-electron chi connectivity index (χ4n) is 3.40. The third-order valence-corrected chi connectivity index (χ3v) is 6.08. The monoisotopic (exact) mass is 391 g/mol. The van der Waals surface area contributed by atoms with Crippen LogP contribution in [-0.4, -0.2) is 22.0 Å². The van der Waals surface area contributed by atoms with Crippen LogP contribution in [0.2, 0.25) is 0 Å². The Morgan fingerprint density at radius 2 is 2.00 bits per heavy atom. The number of halogens is 1. The standard InChI is InChI=1S/C22H18FN3OS/c1-12-2-3-13(15-6-7-24-11-15)8-16(12)14-4-5-19-20(9-14)28-22(25-19)26-21(27)17-10-18(17)23/h2-9,11,17-18,24H,10H2,1H3,(H,25,26,27). The molecule has 0 spiro atoms. The van der Waals surface area contributed by atoms with E-state index >= 15 is 0 Å². The van der Waals surface area contributed by atoms with E-state index in [4.69, 9.17) is 0 Å². The Hall–Kier alpha value is -2.99. The first-order chi connectivity index (χ1) is 13.6. The SMILES string of the molecule is Cc1ccc(-c2cc[nH]c2)cc1-c1ccc2nc(NC(=O)C3CC3F)sc2c1. The number of amides is 1. The van der Waals surface area contributed by atoms with E-state index in [9.17, 15) is 9.18 Å². The van der Waals surface area contributed by atoms with E-state index in [-0.39, 0.29) is 5.91 Å². The van der Waals surface area contributed by atoms with Crippen molar-refractivity contribution < 1.29 is 9.18 Å². The highest BCUT2D eigenvalue weighted by Crippen LogP contribution is 2.37. The maximum atomic E-state index is 13.1. The van der Waals surface area contributed by atoms with Crippen molar-refractivity contribution in [3.63, 3.8) is 0 Å². The van der Waals surface area contributed by atoms with E-state index in [2.05, 4.69) is 58.6 Å². The maximum absolute atomic E-state index is 13.1. The molecule has 140 valence electrons. The van der Waals surface area contributed by atoms with Crippen LogP contribution in [0.5, 0.6) is 0 Å². The number of hydrogen-bond donors (Lipinski definition) is 2. The first kappa shape index (κ1) is 17.1. The van der Waals surface area contributed by atoms with Crippen molar-refractivity contribution in [3.05, 3.63) is 60.4 Å². The van der Waals surface area contributed by atoms with Crippen molar-refractivity contribution in [3.8, 4) is 22.3 Å². The molecular formula is C22H18FN3OS. The summed E-state index contributed by atoms with van der Waals surface area (Å²) in [6.07, 6.45) is 3.21. The lowest BCUT2D eigenvalue weighted by Crippen LogP contribution is -2.14. The van der Waals surface area contributed by atoms with Gasteiger partial charge >= 0.3 is 0 Å². The molecule has 2 atom stereocenters. The van der Waals surface area contributed by atoms with Crippen LogP contribution in [0.1, 0.15) is 12.0 Å². The Bertz CT molecular complexity index is 1180. The van der Waals surface area contributed by atoms with Crippen molar-refractivity contribution in [1.29, 1.82) is 0 Å². The summed E-state index contributed by atoms with van der Waals surface area (Å²) in [6.45, 7) is 2.10. The van der Waals surface area contributed by atoms with Crippen molar-refractivity contribution in [2.45, 2.75) is 19.5 Å². The second kappa shape index (κ2) is 6.56. The smallest absolute Gasteiger partial charge is 0.232 e. The number of fused-ring (bicyclic) bond motifs is 1. The maximum Gasteiger partial charge on any atom is 0.232 e. The second-order valence-corrected chi connectivity index (χ2v) is 8.21. The summed E-state index contributed by atoms with van der Waals surface area (Å²) in [7, 11) is 0. The van der Waals surface area contributed by atoms with Crippen LogP contribution >= 0.6 is 11.3 Å². The summed E-state index contributed by atoms with van der Waals surface area (Å²) in [5, 5.41) is 3.27. The van der Waals surface area contributed by atoms with E-state index in [0.29, 0.717) is 11.6 Å². The van der Waals surface area contributed by atoms with Crippen molar-refractivity contribution in [1.82, 2.24) is 9.97 Å². The summed E-state index contributed by atoms with van der Waals surface area (Å²) < 4.78 is 14.1. The third kappa shape index (κ3) is 3.10. The number of rotatable bonds is 4. The third-order valence-electron chi connectivity index (χ3n) is 5.15. The van der Waals surface area contributed by atoms with Crippen LogP contribution in [0.4, 0.5) is 9.52 Å². The number of hydrogen-bond acceptors (Lipinski definition) is 3. The fraction of sp³-hybridized carbons (Fsp3) is 0.182. The number of carbonyl (C=O) groups excluding carboxylic acids is 1. The van der Waals surface area contributed by atoms with Gasteiger partial charge in [0, 0.05) is 12.4 Å². The molecule has 5 rings (SSSR count). The summed E-state index contributed by atoms with van der Waals surface area (Å²) in [4.78, 5) is 19.5. The van der Waals surface area contributed by atoms with Crippen molar-refractivity contribution in [2.75, 3.05) is 5.32 Å². The number of thiazole rings is 1. The van der Waals surface area contributed by atoms with E-state index < -0.39 is 12.1 Å². The molecule has 0 saturated heterocycles. The topological polar surface area (TPSA) is 57.8 Å². The Balaban J connectivity index is 1.48. The van der Waals surface area contributed by atoms with E-state index in [1.165, 1.54) is 16.9 Å². The van der Waals surface area contributed by atoms with Gasteiger partial charge in [-0.1, -0.05) is 29.5 Å². The van der Waals surface area contributed by atoms with Crippen LogP contribution in [0.3, 0.4) is 0 Å². The lowest BCUT2D eigenvalue weighted by molar-refractivity contribution is -0.117. The lowest BCUT2D eigenvalue weighted by atomic mass is 9.96. The van der Waals surface area contributed by atoms with Gasteiger partial charge in [-0.25, -0.2) is 9.37 Å². The first-order valence-electron chi connectivity index (χ1n) is 9.18. The fourth-order valence-corrected chi connectivity index (χ4v) is 4.30. The molecule has 0 aliphatic heterocycles. The molecule has 6 heteroatoms. The number of anilines is 1. The largest absolute Gasteiger partial charge is 0.367 e. The van der Waals surface area contributed by atoms with E-state index in [1.807, 2.05) is 18.5 Å². The van der Waals surface area contributed by atoms with Crippen molar-refractivity contribution >= 4 is 32.6 Å². The van der Waals surface area contributed by atoms with Gasteiger partial charge in [-0.15, -0.1) is 0 Å². The summed E-state index contributed by atoms with van der Waals surface area (Å²) in [5.74, 6) is -0.789. The quantitative estimate of drug-likeness (QED) is 0.478. The molecule has 2 aromatic carbocycles. The highest BCUT2D eigenvalue weighted by atomic mass is 32.1. The van der Waals surface area contributed by atoms with Crippen molar-refractivity contribution in [2.24, 2.45) is 5.92 Å². The molecule has 2 N–H and O–H groups in total. The van der Waals surface area contributed by atoms with Crippen LogP contribution in [0.15, 0.2) is 54.9 Å². The Labute approximate surface area is 165 Å². The lowest BCUT2D eigenvalue weighted by Gasteiger charge is -2.09. The van der Waals surface area contributed by atoms with Gasteiger partial charge in [0.2, 0.25) is 5.91 Å². The van der Waals surface area contributed by atoms with Gasteiger partial charge in [-0.05, 0) is 65.4 Å². The van der Waals surface area contributed by atoms with Gasteiger partial charge in [0.05, 0.1) is 16.1 Å². The number of H-pyrrole nitrogens is 1. The van der Waals surface area contributed by atoms with Gasteiger partial charge in [-0.2, -0.15) is 0 Å².